The van der Waals surface area contributed by atoms with Crippen LogP contribution < -0.4 is 5.32 Å². The molecule has 0 bridgehead atoms. The molecule has 0 spiro atoms. The fourth-order valence-electron chi connectivity index (χ4n) is 4.08. The Labute approximate surface area is 186 Å². The van der Waals surface area contributed by atoms with Crippen molar-refractivity contribution >= 4 is 40.4 Å². The zero-order chi connectivity index (χ0) is 20.8. The Hall–Kier alpha value is -2.05. The molecule has 5 nitrogen and oxygen atoms in total. The molecule has 30 heavy (non-hydrogen) atoms. The molecule has 1 amide bonds. The van der Waals surface area contributed by atoms with E-state index in [-0.39, 0.29) is 5.91 Å². The van der Waals surface area contributed by atoms with Gasteiger partial charge in [-0.15, -0.1) is 11.8 Å². The van der Waals surface area contributed by atoms with Gasteiger partial charge in [-0.1, -0.05) is 43.0 Å². The van der Waals surface area contributed by atoms with E-state index in [1.165, 1.54) is 37.7 Å². The SMILES string of the molecule is O=C(CSCc1nc2cccnc2n1C1CCCCC1)NCCc1ccc(Cl)cc1. The van der Waals surface area contributed by atoms with E-state index in [1.807, 2.05) is 42.6 Å². The van der Waals surface area contributed by atoms with Crippen LogP contribution >= 0.6 is 23.4 Å². The number of hydrogen-bond donors (Lipinski definition) is 1. The number of halogens is 1. The van der Waals surface area contributed by atoms with E-state index in [2.05, 4.69) is 14.9 Å². The number of hydrogen-bond acceptors (Lipinski definition) is 4. The first kappa shape index (κ1) is 21.2. The molecule has 1 aliphatic rings. The van der Waals surface area contributed by atoms with Gasteiger partial charge in [0.2, 0.25) is 5.91 Å². The lowest BCUT2D eigenvalue weighted by atomic mass is 9.95. The summed E-state index contributed by atoms with van der Waals surface area (Å²) in [5.41, 5.74) is 3.10. The molecular formula is C23H27ClN4OS. The van der Waals surface area contributed by atoms with Crippen molar-refractivity contribution in [1.82, 2.24) is 19.9 Å². The van der Waals surface area contributed by atoms with Gasteiger partial charge in [0.1, 0.15) is 11.3 Å². The molecule has 2 aromatic heterocycles. The number of amides is 1. The summed E-state index contributed by atoms with van der Waals surface area (Å²) in [6.07, 6.45) is 8.86. The molecule has 0 radical (unpaired) electrons. The topological polar surface area (TPSA) is 59.8 Å². The number of aromatic nitrogens is 3. The van der Waals surface area contributed by atoms with Crippen molar-refractivity contribution in [2.75, 3.05) is 12.3 Å². The fourth-order valence-corrected chi connectivity index (χ4v) is 4.99. The molecule has 0 aliphatic heterocycles. The fraction of sp³-hybridized carbons (Fsp3) is 0.435. The molecule has 1 aromatic carbocycles. The lowest BCUT2D eigenvalue weighted by Crippen LogP contribution is -2.27. The molecule has 1 N–H and O–H groups in total. The Morgan fingerprint density at radius 1 is 1.17 bits per heavy atom. The number of pyridine rings is 1. The number of rotatable bonds is 8. The Bertz CT molecular complexity index is 983. The van der Waals surface area contributed by atoms with Gasteiger partial charge >= 0.3 is 0 Å². The van der Waals surface area contributed by atoms with E-state index in [0.717, 1.165) is 34.2 Å². The molecule has 3 aromatic rings. The van der Waals surface area contributed by atoms with Crippen LogP contribution in [0.15, 0.2) is 42.6 Å². The third kappa shape index (κ3) is 5.35. The number of nitrogens with zero attached hydrogens (tertiary/aromatic N) is 3. The summed E-state index contributed by atoms with van der Waals surface area (Å²) < 4.78 is 2.33. The maximum absolute atomic E-state index is 12.2. The number of imidazole rings is 1. The second-order valence-corrected chi connectivity index (χ2v) is 9.18. The molecule has 4 rings (SSSR count). The standard InChI is InChI=1S/C23H27ClN4OS/c24-18-10-8-17(9-11-18)12-14-25-22(29)16-30-15-21-27-20-7-4-13-26-23(20)28(21)19-5-2-1-3-6-19/h4,7-11,13,19H,1-3,5-6,12,14-16H2,(H,25,29). The quantitative estimate of drug-likeness (QED) is 0.522. The highest BCUT2D eigenvalue weighted by Crippen LogP contribution is 2.32. The van der Waals surface area contributed by atoms with Crippen molar-refractivity contribution in [3.05, 3.63) is 59.0 Å². The van der Waals surface area contributed by atoms with Gasteiger partial charge in [-0.05, 0) is 49.1 Å². The van der Waals surface area contributed by atoms with Gasteiger partial charge in [0.25, 0.3) is 0 Å². The van der Waals surface area contributed by atoms with E-state index in [9.17, 15) is 4.79 Å². The number of benzene rings is 1. The molecular weight excluding hydrogens is 416 g/mol. The van der Waals surface area contributed by atoms with Crippen molar-refractivity contribution in [2.24, 2.45) is 0 Å². The molecule has 2 heterocycles. The molecule has 0 atom stereocenters. The molecule has 1 fully saturated rings. The minimum Gasteiger partial charge on any atom is -0.355 e. The van der Waals surface area contributed by atoms with Crippen LogP contribution in [0.1, 0.15) is 49.5 Å². The van der Waals surface area contributed by atoms with Crippen molar-refractivity contribution in [3.8, 4) is 0 Å². The third-order valence-corrected chi connectivity index (χ3v) is 6.76. The molecule has 1 aliphatic carbocycles. The van der Waals surface area contributed by atoms with Crippen LogP contribution in [0.2, 0.25) is 5.02 Å². The van der Waals surface area contributed by atoms with Gasteiger partial charge in [0.05, 0.1) is 11.5 Å². The number of nitrogens with one attached hydrogen (secondary N) is 1. The van der Waals surface area contributed by atoms with Gasteiger partial charge in [-0.25, -0.2) is 9.97 Å². The van der Waals surface area contributed by atoms with Gasteiger partial charge in [-0.2, -0.15) is 0 Å². The average molecular weight is 443 g/mol. The average Bonchev–Trinajstić information content (AvgIpc) is 3.14. The predicted molar refractivity (Wildman–Crippen MR) is 124 cm³/mol. The zero-order valence-corrected chi connectivity index (χ0v) is 18.6. The predicted octanol–water partition coefficient (Wildman–Crippen LogP) is 5.18. The minimum absolute atomic E-state index is 0.0624. The van der Waals surface area contributed by atoms with Crippen molar-refractivity contribution < 1.29 is 4.79 Å². The maximum atomic E-state index is 12.2. The Morgan fingerprint density at radius 3 is 2.77 bits per heavy atom. The minimum atomic E-state index is 0.0624. The highest BCUT2D eigenvalue weighted by molar-refractivity contribution is 7.99. The van der Waals surface area contributed by atoms with Gasteiger partial charge in [0, 0.05) is 23.8 Å². The van der Waals surface area contributed by atoms with Crippen LogP contribution in [0.25, 0.3) is 11.2 Å². The smallest absolute Gasteiger partial charge is 0.230 e. The summed E-state index contributed by atoms with van der Waals surface area (Å²) in [6, 6.07) is 12.2. The summed E-state index contributed by atoms with van der Waals surface area (Å²) in [6.45, 7) is 0.630. The molecule has 1 saturated carbocycles. The van der Waals surface area contributed by atoms with E-state index in [4.69, 9.17) is 16.6 Å². The lowest BCUT2D eigenvalue weighted by Gasteiger charge is -2.25. The van der Waals surface area contributed by atoms with E-state index in [0.29, 0.717) is 18.3 Å². The molecule has 7 heteroatoms. The van der Waals surface area contributed by atoms with Gasteiger partial charge < -0.3 is 9.88 Å². The Balaban J connectivity index is 1.31. The van der Waals surface area contributed by atoms with Crippen LogP contribution in [0, 0.1) is 0 Å². The number of carbonyl (C=O) groups is 1. The Morgan fingerprint density at radius 2 is 1.97 bits per heavy atom. The second kappa shape index (κ2) is 10.3. The molecule has 158 valence electrons. The second-order valence-electron chi connectivity index (χ2n) is 7.76. The first-order chi connectivity index (χ1) is 14.7. The normalized spacial score (nSPS) is 14.8. The summed E-state index contributed by atoms with van der Waals surface area (Å²) in [5.74, 6) is 2.25. The van der Waals surface area contributed by atoms with Crippen LogP contribution in [-0.4, -0.2) is 32.7 Å². The largest absolute Gasteiger partial charge is 0.355 e. The molecule has 0 unspecified atom stereocenters. The van der Waals surface area contributed by atoms with Crippen molar-refractivity contribution in [2.45, 2.75) is 50.3 Å². The highest BCUT2D eigenvalue weighted by atomic mass is 35.5. The zero-order valence-electron chi connectivity index (χ0n) is 17.0. The van der Waals surface area contributed by atoms with Crippen LogP contribution in [-0.2, 0) is 17.0 Å². The van der Waals surface area contributed by atoms with Crippen molar-refractivity contribution in [1.29, 1.82) is 0 Å². The molecule has 0 saturated heterocycles. The summed E-state index contributed by atoms with van der Waals surface area (Å²) in [4.78, 5) is 21.7. The van der Waals surface area contributed by atoms with Gasteiger partial charge in [0.15, 0.2) is 5.65 Å². The van der Waals surface area contributed by atoms with E-state index in [1.54, 1.807) is 11.8 Å². The van der Waals surface area contributed by atoms with Crippen molar-refractivity contribution in [3.63, 3.8) is 0 Å². The third-order valence-electron chi connectivity index (χ3n) is 5.58. The highest BCUT2D eigenvalue weighted by Gasteiger charge is 2.22. The lowest BCUT2D eigenvalue weighted by molar-refractivity contribution is -0.118. The van der Waals surface area contributed by atoms with Gasteiger partial charge in [-0.3, -0.25) is 4.79 Å². The van der Waals surface area contributed by atoms with Crippen LogP contribution in [0.3, 0.4) is 0 Å². The van der Waals surface area contributed by atoms with Crippen LogP contribution in [0.4, 0.5) is 0 Å². The summed E-state index contributed by atoms with van der Waals surface area (Å²) >= 11 is 7.52. The van der Waals surface area contributed by atoms with E-state index >= 15 is 0 Å². The van der Waals surface area contributed by atoms with E-state index < -0.39 is 0 Å². The Kier molecular flexibility index (Phi) is 7.28. The van der Waals surface area contributed by atoms with Crippen LogP contribution in [0.5, 0.6) is 0 Å². The summed E-state index contributed by atoms with van der Waals surface area (Å²) in [7, 11) is 0. The number of carbonyl (C=O) groups excluding carboxylic acids is 1. The number of thioether (sulfide) groups is 1. The monoisotopic (exact) mass is 442 g/mol. The maximum Gasteiger partial charge on any atom is 0.230 e. The first-order valence-electron chi connectivity index (χ1n) is 10.6. The summed E-state index contributed by atoms with van der Waals surface area (Å²) in [5, 5.41) is 3.73. The first-order valence-corrected chi connectivity index (χ1v) is 12.1. The number of fused-ring (bicyclic) bond motifs is 1.